The van der Waals surface area contributed by atoms with Crippen LogP contribution >= 0.6 is 0 Å². The van der Waals surface area contributed by atoms with Crippen molar-refractivity contribution in [3.8, 4) is 5.75 Å². The average molecular weight is 396 g/mol. The number of amides is 1. The minimum Gasteiger partial charge on any atom is -0.497 e. The molecule has 2 fully saturated rings. The summed E-state index contributed by atoms with van der Waals surface area (Å²) in [5, 5.41) is 9.38. The number of carbonyl (C=O) groups excluding carboxylic acids is 1. The third kappa shape index (κ3) is 3.79. The fourth-order valence-corrected chi connectivity index (χ4v) is 4.97. The van der Waals surface area contributed by atoms with E-state index >= 15 is 0 Å². The van der Waals surface area contributed by atoms with Gasteiger partial charge in [0.15, 0.2) is 0 Å². The number of rotatable bonds is 6. The van der Waals surface area contributed by atoms with Crippen LogP contribution in [0, 0.1) is 5.41 Å². The lowest BCUT2D eigenvalue weighted by Gasteiger charge is -2.40. The number of nitrogens with zero attached hydrogens (tertiary/aromatic N) is 2. The summed E-state index contributed by atoms with van der Waals surface area (Å²) in [5.41, 5.74) is -0.927. The first kappa shape index (κ1) is 19.6. The predicted molar refractivity (Wildman–Crippen MR) is 96.9 cm³/mol. The minimum absolute atomic E-state index is 0.00639. The molecule has 1 N–H and O–H groups in total. The molecule has 2 aliphatic rings. The van der Waals surface area contributed by atoms with E-state index in [1.165, 1.54) is 23.5 Å². The van der Waals surface area contributed by atoms with E-state index < -0.39 is 21.4 Å². The number of carboxylic acids is 1. The summed E-state index contributed by atoms with van der Waals surface area (Å²) in [4.78, 5) is 25.7. The molecule has 0 aromatic heterocycles. The number of piperazine rings is 1. The van der Waals surface area contributed by atoms with Crippen LogP contribution in [0.2, 0.25) is 0 Å². The number of ether oxygens (including phenoxy) is 1. The van der Waals surface area contributed by atoms with Gasteiger partial charge >= 0.3 is 5.97 Å². The van der Waals surface area contributed by atoms with E-state index in [1.807, 2.05) is 0 Å². The van der Waals surface area contributed by atoms with Crippen molar-refractivity contribution in [3.05, 3.63) is 24.3 Å². The fraction of sp³-hybridized carbons (Fsp3) is 0.556. The van der Waals surface area contributed by atoms with Gasteiger partial charge in [0.25, 0.3) is 0 Å². The second-order valence-electron chi connectivity index (χ2n) is 7.08. The number of carbonyl (C=O) groups is 2. The van der Waals surface area contributed by atoms with Crippen molar-refractivity contribution in [1.29, 1.82) is 0 Å². The van der Waals surface area contributed by atoms with Crippen LogP contribution in [0.1, 0.15) is 25.7 Å². The Balaban J connectivity index is 1.60. The summed E-state index contributed by atoms with van der Waals surface area (Å²) in [7, 11) is -2.12. The Morgan fingerprint density at radius 3 is 2.15 bits per heavy atom. The Labute approximate surface area is 158 Å². The molecule has 1 aromatic carbocycles. The zero-order chi connectivity index (χ0) is 19.7. The third-order valence-electron chi connectivity index (χ3n) is 5.54. The summed E-state index contributed by atoms with van der Waals surface area (Å²) in [5.74, 6) is -0.547. The number of aliphatic carboxylic acids is 1. The average Bonchev–Trinajstić information content (AvgIpc) is 2.64. The minimum atomic E-state index is -3.63. The van der Waals surface area contributed by atoms with Crippen molar-refractivity contribution in [2.24, 2.45) is 5.41 Å². The highest BCUT2D eigenvalue weighted by molar-refractivity contribution is 7.89. The van der Waals surface area contributed by atoms with Gasteiger partial charge in [-0.25, -0.2) is 8.42 Å². The molecule has 0 unspecified atom stereocenters. The van der Waals surface area contributed by atoms with Crippen molar-refractivity contribution < 1.29 is 27.9 Å². The number of hydrogen-bond acceptors (Lipinski definition) is 5. The molecule has 0 spiro atoms. The molecule has 3 rings (SSSR count). The number of hydrogen-bond donors (Lipinski definition) is 1. The van der Waals surface area contributed by atoms with Gasteiger partial charge in [-0.15, -0.1) is 0 Å². The zero-order valence-corrected chi connectivity index (χ0v) is 16.1. The molecule has 8 nitrogen and oxygen atoms in total. The highest BCUT2D eigenvalue weighted by Gasteiger charge is 2.47. The van der Waals surface area contributed by atoms with E-state index in [9.17, 15) is 23.1 Å². The van der Waals surface area contributed by atoms with E-state index in [0.29, 0.717) is 18.6 Å². The first-order chi connectivity index (χ1) is 12.8. The summed E-state index contributed by atoms with van der Waals surface area (Å²) >= 11 is 0. The van der Waals surface area contributed by atoms with Crippen molar-refractivity contribution in [1.82, 2.24) is 9.21 Å². The van der Waals surface area contributed by atoms with E-state index in [4.69, 9.17) is 4.74 Å². The number of carboxylic acid groups (broad SMARTS) is 1. The van der Waals surface area contributed by atoms with Gasteiger partial charge in [-0.05, 0) is 37.1 Å². The van der Waals surface area contributed by atoms with Gasteiger partial charge in [-0.3, -0.25) is 9.59 Å². The normalized spacial score (nSPS) is 20.0. The Morgan fingerprint density at radius 1 is 1.11 bits per heavy atom. The van der Waals surface area contributed by atoms with Gasteiger partial charge < -0.3 is 14.7 Å². The molecule has 148 valence electrons. The molecule has 1 aromatic rings. The first-order valence-corrected chi connectivity index (χ1v) is 10.4. The quantitative estimate of drug-likeness (QED) is 0.774. The Hall–Kier alpha value is -2.13. The van der Waals surface area contributed by atoms with Crippen LogP contribution in [0.25, 0.3) is 0 Å². The van der Waals surface area contributed by atoms with Crippen molar-refractivity contribution >= 4 is 21.9 Å². The lowest BCUT2D eigenvalue weighted by atomic mass is 9.66. The molecule has 0 radical (unpaired) electrons. The first-order valence-electron chi connectivity index (χ1n) is 8.94. The topological polar surface area (TPSA) is 104 Å². The maximum Gasteiger partial charge on any atom is 0.310 e. The van der Waals surface area contributed by atoms with Crippen LogP contribution in [0.15, 0.2) is 29.2 Å². The molecule has 1 saturated carbocycles. The Bertz CT molecular complexity index is 809. The van der Waals surface area contributed by atoms with Crippen molar-refractivity contribution in [3.63, 3.8) is 0 Å². The molecule has 1 heterocycles. The van der Waals surface area contributed by atoms with Crippen LogP contribution in [-0.2, 0) is 19.6 Å². The van der Waals surface area contributed by atoms with E-state index in [-0.39, 0.29) is 43.4 Å². The Morgan fingerprint density at radius 2 is 1.70 bits per heavy atom. The van der Waals surface area contributed by atoms with Gasteiger partial charge in [0.1, 0.15) is 5.75 Å². The second kappa shape index (κ2) is 7.47. The van der Waals surface area contributed by atoms with Crippen LogP contribution in [0.3, 0.4) is 0 Å². The van der Waals surface area contributed by atoms with Crippen molar-refractivity contribution in [2.45, 2.75) is 30.6 Å². The number of benzene rings is 1. The molecule has 1 saturated heterocycles. The molecule has 0 bridgehead atoms. The van der Waals surface area contributed by atoms with Gasteiger partial charge in [-0.1, -0.05) is 6.42 Å². The van der Waals surface area contributed by atoms with Crippen LogP contribution in [-0.4, -0.2) is 67.9 Å². The van der Waals surface area contributed by atoms with E-state index in [0.717, 1.165) is 6.42 Å². The SMILES string of the molecule is COc1ccc(S(=O)(=O)N2CCN(C(=O)CC3(C(=O)O)CCC3)CC2)cc1. The summed E-state index contributed by atoms with van der Waals surface area (Å²) in [6, 6.07) is 6.19. The van der Waals surface area contributed by atoms with Gasteiger partial charge in [0.05, 0.1) is 17.4 Å². The van der Waals surface area contributed by atoms with E-state index in [2.05, 4.69) is 0 Å². The second-order valence-corrected chi connectivity index (χ2v) is 9.01. The summed E-state index contributed by atoms with van der Waals surface area (Å²) < 4.78 is 31.9. The largest absolute Gasteiger partial charge is 0.497 e. The molecule has 1 amide bonds. The Kier molecular flexibility index (Phi) is 5.43. The predicted octanol–water partition coefficient (Wildman–Crippen LogP) is 1.17. The fourth-order valence-electron chi connectivity index (χ4n) is 3.55. The van der Waals surface area contributed by atoms with Crippen LogP contribution < -0.4 is 4.74 Å². The molecule has 9 heteroatoms. The van der Waals surface area contributed by atoms with Crippen molar-refractivity contribution in [2.75, 3.05) is 33.3 Å². The molecular weight excluding hydrogens is 372 g/mol. The third-order valence-corrected chi connectivity index (χ3v) is 7.46. The molecule has 0 atom stereocenters. The van der Waals surface area contributed by atoms with Crippen LogP contribution in [0.5, 0.6) is 5.75 Å². The molecule has 27 heavy (non-hydrogen) atoms. The maximum absolute atomic E-state index is 12.7. The molecular formula is C18H24N2O6S. The van der Waals surface area contributed by atoms with Gasteiger partial charge in [-0.2, -0.15) is 4.31 Å². The van der Waals surface area contributed by atoms with Crippen LogP contribution in [0.4, 0.5) is 0 Å². The van der Waals surface area contributed by atoms with E-state index in [1.54, 1.807) is 17.0 Å². The summed E-state index contributed by atoms with van der Waals surface area (Å²) in [6.45, 7) is 0.925. The molecule has 1 aliphatic carbocycles. The zero-order valence-electron chi connectivity index (χ0n) is 15.3. The molecule has 1 aliphatic heterocycles. The lowest BCUT2D eigenvalue weighted by molar-refractivity contribution is -0.159. The highest BCUT2D eigenvalue weighted by Crippen LogP contribution is 2.44. The monoisotopic (exact) mass is 396 g/mol. The van der Waals surface area contributed by atoms with Gasteiger partial charge in [0.2, 0.25) is 15.9 Å². The summed E-state index contributed by atoms with van der Waals surface area (Å²) in [6.07, 6.45) is 1.88. The number of methoxy groups -OCH3 is 1. The maximum atomic E-state index is 12.7. The smallest absolute Gasteiger partial charge is 0.310 e. The number of sulfonamides is 1. The van der Waals surface area contributed by atoms with Gasteiger partial charge in [0, 0.05) is 32.6 Å². The lowest BCUT2D eigenvalue weighted by Crippen LogP contribution is -2.52. The standard InChI is InChI=1S/C18H24N2O6S/c1-26-14-3-5-15(6-4-14)27(24,25)20-11-9-19(10-12-20)16(21)13-18(17(22)23)7-2-8-18/h3-6H,2,7-13H2,1H3,(H,22,23). The highest BCUT2D eigenvalue weighted by atomic mass is 32.2.